The molecule has 1 aromatic heterocycles. The first-order valence-corrected chi connectivity index (χ1v) is 7.24. The summed E-state index contributed by atoms with van der Waals surface area (Å²) < 4.78 is 2.58. The third kappa shape index (κ3) is 2.74. The van der Waals surface area contributed by atoms with Crippen LogP contribution in [0.2, 0.25) is 5.02 Å². The van der Waals surface area contributed by atoms with Crippen LogP contribution >= 0.6 is 27.5 Å². The molecule has 0 N–H and O–H groups in total. The summed E-state index contributed by atoms with van der Waals surface area (Å²) in [5, 5.41) is 4.56. The van der Waals surface area contributed by atoms with Crippen molar-refractivity contribution in [1.29, 1.82) is 0 Å². The van der Waals surface area contributed by atoms with Crippen LogP contribution in [0, 0.1) is 6.92 Å². The normalized spacial score (nSPS) is 10.7. The molecule has 0 aliphatic carbocycles. The second-order valence-electron chi connectivity index (χ2n) is 4.31. The number of hydrogen-bond donors (Lipinski definition) is 0. The molecule has 0 amide bonds. The van der Waals surface area contributed by atoms with Crippen LogP contribution in [0.15, 0.2) is 28.9 Å². The SMILES string of the molecule is CCCn1ncc(Cl)c1C(=O)c1cccc(Br)c1C. The Kier molecular flexibility index (Phi) is 4.42. The van der Waals surface area contributed by atoms with Gasteiger partial charge in [-0.3, -0.25) is 9.48 Å². The van der Waals surface area contributed by atoms with Crippen LogP contribution in [-0.4, -0.2) is 15.6 Å². The van der Waals surface area contributed by atoms with E-state index in [0.29, 0.717) is 22.8 Å². The Hall–Kier alpha value is -1.13. The van der Waals surface area contributed by atoms with E-state index in [4.69, 9.17) is 11.6 Å². The van der Waals surface area contributed by atoms with Crippen LogP contribution in [0.25, 0.3) is 0 Å². The second kappa shape index (κ2) is 5.88. The van der Waals surface area contributed by atoms with Gasteiger partial charge in [-0.15, -0.1) is 0 Å². The van der Waals surface area contributed by atoms with Gasteiger partial charge in [0.2, 0.25) is 5.78 Å². The Labute approximate surface area is 125 Å². The molecule has 3 nitrogen and oxygen atoms in total. The van der Waals surface area contributed by atoms with Crippen molar-refractivity contribution in [3.8, 4) is 0 Å². The summed E-state index contributed by atoms with van der Waals surface area (Å²) >= 11 is 9.54. The third-order valence-electron chi connectivity index (χ3n) is 2.96. The minimum Gasteiger partial charge on any atom is -0.287 e. The maximum Gasteiger partial charge on any atom is 0.212 e. The lowest BCUT2D eigenvalue weighted by molar-refractivity contribution is 0.102. The van der Waals surface area contributed by atoms with Gasteiger partial charge in [-0.2, -0.15) is 5.10 Å². The fourth-order valence-electron chi connectivity index (χ4n) is 1.95. The summed E-state index contributed by atoms with van der Waals surface area (Å²) in [5.74, 6) is -0.0882. The Morgan fingerprint density at radius 3 is 2.89 bits per heavy atom. The maximum atomic E-state index is 12.6. The largest absolute Gasteiger partial charge is 0.287 e. The zero-order chi connectivity index (χ0) is 14.0. The van der Waals surface area contributed by atoms with Crippen LogP contribution in [0.5, 0.6) is 0 Å². The number of rotatable bonds is 4. The highest BCUT2D eigenvalue weighted by Crippen LogP contribution is 2.25. The van der Waals surface area contributed by atoms with E-state index in [1.54, 1.807) is 4.68 Å². The van der Waals surface area contributed by atoms with Gasteiger partial charge in [0.1, 0.15) is 5.69 Å². The first kappa shape index (κ1) is 14.3. The molecule has 1 heterocycles. The molecule has 0 bridgehead atoms. The van der Waals surface area contributed by atoms with Gasteiger partial charge in [0.25, 0.3) is 0 Å². The number of hydrogen-bond acceptors (Lipinski definition) is 2. The molecule has 100 valence electrons. The van der Waals surface area contributed by atoms with Crippen molar-refractivity contribution in [2.24, 2.45) is 0 Å². The topological polar surface area (TPSA) is 34.9 Å². The molecule has 0 unspecified atom stereocenters. The van der Waals surface area contributed by atoms with E-state index in [1.807, 2.05) is 32.0 Å². The van der Waals surface area contributed by atoms with E-state index in [-0.39, 0.29) is 5.78 Å². The lowest BCUT2D eigenvalue weighted by Gasteiger charge is -2.09. The fourth-order valence-corrected chi connectivity index (χ4v) is 2.54. The molecule has 2 rings (SSSR count). The predicted molar refractivity (Wildman–Crippen MR) is 79.8 cm³/mol. The van der Waals surface area contributed by atoms with Gasteiger partial charge < -0.3 is 0 Å². The molecule has 0 atom stereocenters. The lowest BCUT2D eigenvalue weighted by Crippen LogP contribution is -2.13. The highest BCUT2D eigenvalue weighted by Gasteiger charge is 2.20. The maximum absolute atomic E-state index is 12.6. The number of aryl methyl sites for hydroxylation is 1. The summed E-state index contributed by atoms with van der Waals surface area (Å²) in [6.45, 7) is 4.63. The molecule has 0 fully saturated rings. The molecule has 0 aliphatic heterocycles. The summed E-state index contributed by atoms with van der Waals surface area (Å²) in [6, 6.07) is 5.57. The average Bonchev–Trinajstić information content (AvgIpc) is 2.74. The first-order valence-electron chi connectivity index (χ1n) is 6.07. The van der Waals surface area contributed by atoms with Crippen LogP contribution in [-0.2, 0) is 6.54 Å². The van der Waals surface area contributed by atoms with E-state index < -0.39 is 0 Å². The fraction of sp³-hybridized carbons (Fsp3) is 0.286. The molecular formula is C14H14BrClN2O. The number of carbonyl (C=O) groups excluding carboxylic acids is 1. The van der Waals surface area contributed by atoms with Gasteiger partial charge in [-0.1, -0.05) is 46.6 Å². The van der Waals surface area contributed by atoms with Crippen molar-refractivity contribution in [2.75, 3.05) is 0 Å². The molecule has 0 radical (unpaired) electrons. The van der Waals surface area contributed by atoms with Crippen molar-refractivity contribution < 1.29 is 4.79 Å². The Morgan fingerprint density at radius 2 is 2.21 bits per heavy atom. The molecule has 0 spiro atoms. The smallest absolute Gasteiger partial charge is 0.212 e. The van der Waals surface area contributed by atoms with Gasteiger partial charge in [0.15, 0.2) is 0 Å². The summed E-state index contributed by atoms with van der Waals surface area (Å²) in [5.41, 5.74) is 2.02. The number of nitrogens with zero attached hydrogens (tertiary/aromatic N) is 2. The minimum atomic E-state index is -0.0882. The van der Waals surface area contributed by atoms with Gasteiger partial charge in [-0.05, 0) is 25.0 Å². The van der Waals surface area contributed by atoms with Crippen LogP contribution in [0.4, 0.5) is 0 Å². The quantitative estimate of drug-likeness (QED) is 0.779. The Morgan fingerprint density at radius 1 is 1.47 bits per heavy atom. The first-order chi connectivity index (χ1) is 9.06. The van der Waals surface area contributed by atoms with E-state index in [0.717, 1.165) is 16.5 Å². The average molecular weight is 342 g/mol. The zero-order valence-corrected chi connectivity index (χ0v) is 13.1. The van der Waals surface area contributed by atoms with Crippen molar-refractivity contribution in [3.05, 3.63) is 50.7 Å². The standard InChI is InChI=1S/C14H14BrClN2O/c1-3-7-18-13(12(16)8-17-18)14(19)10-5-4-6-11(15)9(10)2/h4-6,8H,3,7H2,1-2H3. The third-order valence-corrected chi connectivity index (χ3v) is 4.09. The highest BCUT2D eigenvalue weighted by atomic mass is 79.9. The summed E-state index contributed by atoms with van der Waals surface area (Å²) in [6.07, 6.45) is 2.42. The molecule has 5 heteroatoms. The number of aromatic nitrogens is 2. The van der Waals surface area contributed by atoms with Crippen molar-refractivity contribution in [1.82, 2.24) is 9.78 Å². The van der Waals surface area contributed by atoms with Crippen molar-refractivity contribution in [3.63, 3.8) is 0 Å². The molecule has 0 saturated carbocycles. The monoisotopic (exact) mass is 340 g/mol. The van der Waals surface area contributed by atoms with Gasteiger partial charge in [0.05, 0.1) is 11.2 Å². The molecule has 0 aliphatic rings. The molecule has 0 saturated heterocycles. The summed E-state index contributed by atoms with van der Waals surface area (Å²) in [7, 11) is 0. The van der Waals surface area contributed by atoms with Gasteiger partial charge in [0, 0.05) is 16.6 Å². The number of halogens is 2. The van der Waals surface area contributed by atoms with E-state index >= 15 is 0 Å². The number of benzene rings is 1. The Bertz CT molecular complexity index is 622. The number of ketones is 1. The van der Waals surface area contributed by atoms with Gasteiger partial charge in [-0.25, -0.2) is 0 Å². The highest BCUT2D eigenvalue weighted by molar-refractivity contribution is 9.10. The van der Waals surface area contributed by atoms with Crippen molar-refractivity contribution in [2.45, 2.75) is 26.8 Å². The zero-order valence-electron chi connectivity index (χ0n) is 10.8. The lowest BCUT2D eigenvalue weighted by atomic mass is 10.0. The van der Waals surface area contributed by atoms with E-state index in [9.17, 15) is 4.79 Å². The van der Waals surface area contributed by atoms with E-state index in [2.05, 4.69) is 21.0 Å². The molecule has 19 heavy (non-hydrogen) atoms. The summed E-state index contributed by atoms with van der Waals surface area (Å²) in [4.78, 5) is 12.6. The van der Waals surface area contributed by atoms with Crippen molar-refractivity contribution >= 4 is 33.3 Å². The predicted octanol–water partition coefficient (Wildman–Crippen LogP) is 4.25. The molecule has 1 aromatic carbocycles. The number of carbonyl (C=O) groups is 1. The van der Waals surface area contributed by atoms with E-state index in [1.165, 1.54) is 6.20 Å². The van der Waals surface area contributed by atoms with Crippen LogP contribution in [0.1, 0.15) is 35.0 Å². The molecular weight excluding hydrogens is 328 g/mol. The van der Waals surface area contributed by atoms with Crippen LogP contribution < -0.4 is 0 Å². The Balaban J connectivity index is 2.50. The van der Waals surface area contributed by atoms with Crippen LogP contribution in [0.3, 0.4) is 0 Å². The minimum absolute atomic E-state index is 0.0882. The van der Waals surface area contributed by atoms with Gasteiger partial charge >= 0.3 is 0 Å². The molecule has 2 aromatic rings. The second-order valence-corrected chi connectivity index (χ2v) is 5.57.